The maximum atomic E-state index is 8.44. The van der Waals surface area contributed by atoms with Gasteiger partial charge in [0.25, 0.3) is 0 Å². The fourth-order valence-electron chi connectivity index (χ4n) is 0.775. The predicted molar refractivity (Wildman–Crippen MR) is 47.9 cm³/mol. The van der Waals surface area contributed by atoms with Crippen LogP contribution in [-0.2, 0) is 6.42 Å². The number of nitrogens with zero attached hydrogens (tertiary/aromatic N) is 5. The number of hydrogen-bond acceptors (Lipinski definition) is 6. The molecule has 2 N–H and O–H groups in total. The molecule has 1 rings (SSSR count). The summed E-state index contributed by atoms with van der Waals surface area (Å²) < 4.78 is 0. The van der Waals surface area contributed by atoms with Gasteiger partial charge in [-0.25, -0.2) is 0 Å². The second-order valence-corrected chi connectivity index (χ2v) is 2.64. The van der Waals surface area contributed by atoms with E-state index in [1.165, 1.54) is 0 Å². The Bertz CT molecular complexity index is 339. The SMILES string of the molecule is CN(C)c1nc(N)nc(CC#N)n1. The molecule has 0 saturated carbocycles. The average molecular weight is 178 g/mol. The number of anilines is 2. The maximum absolute atomic E-state index is 8.44. The van der Waals surface area contributed by atoms with Crippen LogP contribution in [-0.4, -0.2) is 29.0 Å². The van der Waals surface area contributed by atoms with Crippen molar-refractivity contribution in [1.29, 1.82) is 5.26 Å². The highest BCUT2D eigenvalue weighted by atomic mass is 15.3. The van der Waals surface area contributed by atoms with Crippen molar-refractivity contribution in [3.63, 3.8) is 0 Å². The largest absolute Gasteiger partial charge is 0.368 e. The molecule has 68 valence electrons. The van der Waals surface area contributed by atoms with Crippen LogP contribution in [0.15, 0.2) is 0 Å². The van der Waals surface area contributed by atoms with Crippen molar-refractivity contribution in [2.24, 2.45) is 0 Å². The molecular weight excluding hydrogens is 168 g/mol. The maximum Gasteiger partial charge on any atom is 0.229 e. The molecule has 0 spiro atoms. The van der Waals surface area contributed by atoms with E-state index in [2.05, 4.69) is 15.0 Å². The molecule has 0 bridgehead atoms. The van der Waals surface area contributed by atoms with Crippen molar-refractivity contribution in [2.45, 2.75) is 6.42 Å². The van der Waals surface area contributed by atoms with Gasteiger partial charge in [-0.2, -0.15) is 20.2 Å². The van der Waals surface area contributed by atoms with Gasteiger partial charge in [-0.05, 0) is 0 Å². The lowest BCUT2D eigenvalue weighted by Crippen LogP contribution is -2.16. The van der Waals surface area contributed by atoms with E-state index in [-0.39, 0.29) is 12.4 Å². The molecular formula is C7H10N6. The van der Waals surface area contributed by atoms with Crippen molar-refractivity contribution in [3.8, 4) is 6.07 Å². The summed E-state index contributed by atoms with van der Waals surface area (Å²) in [4.78, 5) is 13.4. The minimum Gasteiger partial charge on any atom is -0.368 e. The van der Waals surface area contributed by atoms with Crippen LogP contribution in [0.25, 0.3) is 0 Å². The van der Waals surface area contributed by atoms with Gasteiger partial charge in [0.2, 0.25) is 11.9 Å². The molecule has 1 heterocycles. The first kappa shape index (κ1) is 9.19. The third kappa shape index (κ3) is 2.27. The van der Waals surface area contributed by atoms with E-state index in [0.717, 1.165) is 0 Å². The van der Waals surface area contributed by atoms with Crippen LogP contribution in [0.3, 0.4) is 0 Å². The number of nitrogens with two attached hydrogens (primary N) is 1. The zero-order chi connectivity index (χ0) is 9.84. The normalized spacial score (nSPS) is 9.31. The molecule has 0 radical (unpaired) electrons. The van der Waals surface area contributed by atoms with Gasteiger partial charge in [-0.15, -0.1) is 0 Å². The monoisotopic (exact) mass is 178 g/mol. The number of aromatic nitrogens is 3. The van der Waals surface area contributed by atoms with Gasteiger partial charge in [-0.1, -0.05) is 0 Å². The topological polar surface area (TPSA) is 91.7 Å². The molecule has 13 heavy (non-hydrogen) atoms. The first-order valence-corrected chi connectivity index (χ1v) is 3.68. The van der Waals surface area contributed by atoms with E-state index in [4.69, 9.17) is 11.0 Å². The van der Waals surface area contributed by atoms with Crippen LogP contribution in [0.2, 0.25) is 0 Å². The lowest BCUT2D eigenvalue weighted by molar-refractivity contribution is 0.904. The molecule has 0 fully saturated rings. The first-order valence-electron chi connectivity index (χ1n) is 3.68. The molecule has 0 saturated heterocycles. The summed E-state index contributed by atoms with van der Waals surface area (Å²) in [6, 6.07) is 1.95. The molecule has 1 aromatic heterocycles. The van der Waals surface area contributed by atoms with E-state index in [9.17, 15) is 0 Å². The zero-order valence-electron chi connectivity index (χ0n) is 7.52. The zero-order valence-corrected chi connectivity index (χ0v) is 7.52. The second kappa shape index (κ2) is 3.67. The summed E-state index contributed by atoms with van der Waals surface area (Å²) in [6.45, 7) is 0. The summed E-state index contributed by atoms with van der Waals surface area (Å²) in [5, 5.41) is 8.44. The fraction of sp³-hybridized carbons (Fsp3) is 0.429. The fourth-order valence-corrected chi connectivity index (χ4v) is 0.775. The molecule has 0 atom stereocenters. The predicted octanol–water partition coefficient (Wildman–Crippen LogP) is -0.414. The lowest BCUT2D eigenvalue weighted by atomic mass is 10.4. The van der Waals surface area contributed by atoms with Gasteiger partial charge in [-0.3, -0.25) is 0 Å². The van der Waals surface area contributed by atoms with Crippen LogP contribution in [0, 0.1) is 11.3 Å². The minimum atomic E-state index is 0.143. The van der Waals surface area contributed by atoms with Gasteiger partial charge in [0.1, 0.15) is 5.82 Å². The lowest BCUT2D eigenvalue weighted by Gasteiger charge is -2.10. The van der Waals surface area contributed by atoms with Crippen LogP contribution >= 0.6 is 0 Å². The Hall–Kier alpha value is -1.90. The van der Waals surface area contributed by atoms with E-state index >= 15 is 0 Å². The Kier molecular flexibility index (Phi) is 2.59. The van der Waals surface area contributed by atoms with Crippen LogP contribution < -0.4 is 10.6 Å². The molecule has 0 aliphatic carbocycles. The van der Waals surface area contributed by atoms with E-state index < -0.39 is 0 Å². The quantitative estimate of drug-likeness (QED) is 0.661. The Morgan fingerprint density at radius 2 is 2.08 bits per heavy atom. The molecule has 6 heteroatoms. The molecule has 0 amide bonds. The smallest absolute Gasteiger partial charge is 0.229 e. The Morgan fingerprint density at radius 1 is 1.38 bits per heavy atom. The molecule has 6 nitrogen and oxygen atoms in total. The number of rotatable bonds is 2. The summed E-state index contributed by atoms with van der Waals surface area (Å²) in [6.07, 6.45) is 0.146. The second-order valence-electron chi connectivity index (χ2n) is 2.64. The molecule has 0 aliphatic heterocycles. The van der Waals surface area contributed by atoms with Gasteiger partial charge < -0.3 is 10.6 Å². The van der Waals surface area contributed by atoms with Gasteiger partial charge in [0.15, 0.2) is 0 Å². The van der Waals surface area contributed by atoms with Gasteiger partial charge in [0, 0.05) is 14.1 Å². The Labute approximate surface area is 76.0 Å². The molecule has 0 aliphatic rings. The van der Waals surface area contributed by atoms with Crippen LogP contribution in [0.4, 0.5) is 11.9 Å². The molecule has 0 aromatic carbocycles. The van der Waals surface area contributed by atoms with E-state index in [1.807, 2.05) is 6.07 Å². The summed E-state index contributed by atoms with van der Waals surface area (Å²) in [5.74, 6) is 1.01. The highest BCUT2D eigenvalue weighted by molar-refractivity contribution is 5.32. The van der Waals surface area contributed by atoms with Crippen LogP contribution in [0.1, 0.15) is 5.82 Å². The average Bonchev–Trinajstić information content (AvgIpc) is 2.03. The van der Waals surface area contributed by atoms with Crippen molar-refractivity contribution < 1.29 is 0 Å². The minimum absolute atomic E-state index is 0.143. The van der Waals surface area contributed by atoms with E-state index in [0.29, 0.717) is 11.8 Å². The third-order valence-corrected chi connectivity index (χ3v) is 1.32. The van der Waals surface area contributed by atoms with Crippen LogP contribution in [0.5, 0.6) is 0 Å². The summed E-state index contributed by atoms with van der Waals surface area (Å²) in [7, 11) is 3.59. The van der Waals surface area contributed by atoms with Crippen molar-refractivity contribution in [3.05, 3.63) is 5.82 Å². The Morgan fingerprint density at radius 3 is 2.62 bits per heavy atom. The number of hydrogen-bond donors (Lipinski definition) is 1. The van der Waals surface area contributed by atoms with Gasteiger partial charge in [0.05, 0.1) is 12.5 Å². The summed E-state index contributed by atoms with van der Waals surface area (Å²) >= 11 is 0. The number of nitrogen functional groups attached to an aromatic ring is 1. The molecule has 1 aromatic rings. The Balaban J connectivity index is 3.05. The van der Waals surface area contributed by atoms with E-state index in [1.54, 1.807) is 19.0 Å². The van der Waals surface area contributed by atoms with Gasteiger partial charge >= 0.3 is 0 Å². The summed E-state index contributed by atoms with van der Waals surface area (Å²) in [5.41, 5.74) is 5.43. The first-order chi connectivity index (χ1) is 6.13. The van der Waals surface area contributed by atoms with Crippen molar-refractivity contribution in [1.82, 2.24) is 15.0 Å². The standard InChI is InChI=1S/C7H10N6/c1-13(2)7-11-5(3-4-8)10-6(9)12-7/h3H2,1-2H3,(H2,9,10,11,12). The highest BCUT2D eigenvalue weighted by Gasteiger charge is 2.04. The molecule has 0 unspecified atom stereocenters. The number of nitriles is 1. The van der Waals surface area contributed by atoms with Crippen molar-refractivity contribution >= 4 is 11.9 Å². The van der Waals surface area contributed by atoms with Crippen molar-refractivity contribution in [2.75, 3.05) is 24.7 Å². The highest BCUT2D eigenvalue weighted by Crippen LogP contribution is 2.05. The third-order valence-electron chi connectivity index (χ3n) is 1.32.